The van der Waals surface area contributed by atoms with Crippen LogP contribution in [-0.2, 0) is 49.7 Å². The first-order valence-electron chi connectivity index (χ1n) is 24.1. The Morgan fingerprint density at radius 2 is 1.48 bits per heavy atom. The van der Waals surface area contributed by atoms with Gasteiger partial charge in [0, 0.05) is 48.5 Å². The number of amides is 3. The van der Waals surface area contributed by atoms with Gasteiger partial charge >= 0.3 is 0 Å². The first-order chi connectivity index (χ1) is 34.8. The van der Waals surface area contributed by atoms with Crippen molar-refractivity contribution in [3.05, 3.63) is 89.1 Å². The maximum atomic E-state index is 14.0. The van der Waals surface area contributed by atoms with Crippen molar-refractivity contribution in [1.29, 1.82) is 0 Å². The molecule has 4 heterocycles. The van der Waals surface area contributed by atoms with Crippen molar-refractivity contribution < 1.29 is 51.6 Å². The van der Waals surface area contributed by atoms with E-state index in [1.54, 1.807) is 78.9 Å². The molecule has 3 atom stereocenters. The van der Waals surface area contributed by atoms with Crippen LogP contribution >= 0.6 is 22.7 Å². The van der Waals surface area contributed by atoms with Crippen LogP contribution < -0.4 is 20.7 Å². The molecule has 0 aliphatic carbocycles. The third-order valence-electron chi connectivity index (χ3n) is 12.1. The molecule has 392 valence electrons. The van der Waals surface area contributed by atoms with Crippen molar-refractivity contribution >= 4 is 82.7 Å². The number of likely N-dealkylation sites (tertiary alicyclic amines) is 1. The summed E-state index contributed by atoms with van der Waals surface area (Å²) >= 11 is 3.12. The molecule has 7 rings (SSSR count). The molecule has 0 radical (unpaired) electrons. The van der Waals surface area contributed by atoms with Gasteiger partial charge in [0.25, 0.3) is 0 Å². The summed E-state index contributed by atoms with van der Waals surface area (Å²) in [6, 6.07) is 16.9. The van der Waals surface area contributed by atoms with Crippen molar-refractivity contribution in [3.63, 3.8) is 0 Å². The fourth-order valence-corrected chi connectivity index (χ4v) is 10.8. The number of aliphatic hydroxyl groups is 1. The summed E-state index contributed by atoms with van der Waals surface area (Å²) in [7, 11) is -3.83. The zero-order valence-corrected chi connectivity index (χ0v) is 44.7. The number of anilines is 2. The second kappa shape index (κ2) is 24.6. The van der Waals surface area contributed by atoms with E-state index in [0.29, 0.717) is 16.6 Å². The molecule has 18 nitrogen and oxygen atoms in total. The van der Waals surface area contributed by atoms with Crippen molar-refractivity contribution in [3.8, 4) is 16.2 Å². The summed E-state index contributed by atoms with van der Waals surface area (Å²) in [6.45, 7) is 14.0. The maximum Gasteiger partial charge on any atom is 0.246 e. The van der Waals surface area contributed by atoms with Crippen LogP contribution in [0, 0.1) is 12.3 Å². The number of carbonyl (C=O) groups is 3. The molecule has 0 spiro atoms. The quantitative estimate of drug-likeness (QED) is 0.0455. The van der Waals surface area contributed by atoms with Crippen LogP contribution in [0.25, 0.3) is 31.6 Å². The van der Waals surface area contributed by atoms with Gasteiger partial charge < -0.3 is 49.6 Å². The van der Waals surface area contributed by atoms with E-state index in [-0.39, 0.29) is 95.5 Å². The number of ether oxygens (including phenoxy) is 5. The molecule has 4 N–H and O–H groups in total. The Morgan fingerprint density at radius 3 is 2.14 bits per heavy atom. The van der Waals surface area contributed by atoms with Gasteiger partial charge in [-0.3, -0.25) is 19.4 Å². The molecule has 3 aromatic heterocycles. The van der Waals surface area contributed by atoms with Gasteiger partial charge in [-0.05, 0) is 74.6 Å². The summed E-state index contributed by atoms with van der Waals surface area (Å²) < 4.78 is 56.1. The molecule has 6 aromatic rings. The van der Waals surface area contributed by atoms with Gasteiger partial charge in [-0.2, -0.15) is 0 Å². The highest BCUT2D eigenvalue weighted by molar-refractivity contribution is 7.92. The largest absolute Gasteiger partial charge is 0.490 e. The van der Waals surface area contributed by atoms with E-state index in [1.165, 1.54) is 4.90 Å². The molecule has 1 saturated heterocycles. The van der Waals surface area contributed by atoms with Crippen molar-refractivity contribution in [2.45, 2.75) is 89.3 Å². The first-order valence-corrected chi connectivity index (χ1v) is 27.3. The molecular formula is C52H65N7O11S3. The number of fused-ring (bicyclic) bond motifs is 2. The highest BCUT2D eigenvalue weighted by Gasteiger charge is 2.44. The number of nitrogens with zero attached hydrogens (tertiary/aromatic N) is 4. The second-order valence-corrected chi connectivity index (χ2v) is 24.0. The third-order valence-corrected chi connectivity index (χ3v) is 16.4. The van der Waals surface area contributed by atoms with Gasteiger partial charge in [0.05, 0.1) is 94.4 Å². The number of rotatable bonds is 24. The minimum Gasteiger partial charge on any atom is -0.490 e. The summed E-state index contributed by atoms with van der Waals surface area (Å²) in [5, 5.41) is 20.3. The number of sulfone groups is 1. The van der Waals surface area contributed by atoms with Crippen molar-refractivity contribution in [2.24, 2.45) is 5.41 Å². The number of pyridine rings is 1. The van der Waals surface area contributed by atoms with E-state index in [0.717, 1.165) is 37.6 Å². The lowest BCUT2D eigenvalue weighted by Crippen LogP contribution is -2.58. The fourth-order valence-electron chi connectivity index (χ4n) is 8.02. The molecule has 0 saturated carbocycles. The predicted molar refractivity (Wildman–Crippen MR) is 282 cm³/mol. The normalized spacial score (nSPS) is 15.7. The molecule has 0 bridgehead atoms. The van der Waals surface area contributed by atoms with Gasteiger partial charge in [-0.25, -0.2) is 18.4 Å². The van der Waals surface area contributed by atoms with Crippen molar-refractivity contribution in [1.82, 2.24) is 30.5 Å². The van der Waals surface area contributed by atoms with Gasteiger partial charge in [0.1, 0.15) is 35.9 Å². The number of thiazole rings is 2. The number of aliphatic hydroxyl groups excluding tert-OH is 1. The summed E-state index contributed by atoms with van der Waals surface area (Å²) in [4.78, 5) is 56.1. The van der Waals surface area contributed by atoms with Gasteiger partial charge in [-0.1, -0.05) is 45.0 Å². The minimum atomic E-state index is -3.83. The van der Waals surface area contributed by atoms with Gasteiger partial charge in [0.15, 0.2) is 9.84 Å². The minimum absolute atomic E-state index is 0.0324. The van der Waals surface area contributed by atoms with E-state index >= 15 is 0 Å². The molecule has 73 heavy (non-hydrogen) atoms. The molecule has 3 amide bonds. The zero-order valence-electron chi connectivity index (χ0n) is 42.3. The Bertz CT molecular complexity index is 2950. The maximum absolute atomic E-state index is 14.0. The number of carbonyl (C=O) groups excluding carboxylic acids is 3. The predicted octanol–water partition coefficient (Wildman–Crippen LogP) is 6.85. The third kappa shape index (κ3) is 14.4. The molecule has 1 aliphatic heterocycles. The lowest BCUT2D eigenvalue weighted by atomic mass is 9.85. The Hall–Kier alpha value is -5.65. The molecule has 3 aromatic carbocycles. The highest BCUT2D eigenvalue weighted by Crippen LogP contribution is 2.38. The van der Waals surface area contributed by atoms with Crippen LogP contribution in [0.1, 0.15) is 59.2 Å². The fraction of sp³-hybridized carbons (Fsp3) is 0.462. The molecule has 21 heteroatoms. The second-order valence-electron chi connectivity index (χ2n) is 19.6. The van der Waals surface area contributed by atoms with E-state index in [2.05, 4.69) is 30.9 Å². The van der Waals surface area contributed by atoms with Crippen molar-refractivity contribution in [2.75, 3.05) is 71.3 Å². The first kappa shape index (κ1) is 55.1. The number of hydrogen-bond acceptors (Lipinski definition) is 17. The Morgan fingerprint density at radius 1 is 0.808 bits per heavy atom. The average molecular weight is 1060 g/mol. The SMILES string of the molecule is Cc1ncsc1-c1ccc(CNC(=O)C2C[C@H](O)CN2C(=O)[C@@H](NC(=O)COCCOCCOCCOCCOc2cc3nccc(Nc4ccc5scnc5c4)c3cc2S(=O)(=O)C(C)(C)C)C(C)(C)C)cc1. The van der Waals surface area contributed by atoms with E-state index in [9.17, 15) is 27.9 Å². The number of hydrogen-bond donors (Lipinski definition) is 4. The molecule has 1 aliphatic rings. The van der Waals surface area contributed by atoms with Crippen LogP contribution in [0.3, 0.4) is 0 Å². The Kier molecular flexibility index (Phi) is 18.6. The Labute approximate surface area is 434 Å². The van der Waals surface area contributed by atoms with Crippen LogP contribution in [0.4, 0.5) is 11.4 Å². The number of nitrogens with one attached hydrogen (secondary N) is 3. The smallest absolute Gasteiger partial charge is 0.246 e. The standard InChI is InChI=1S/C52H65N7O11S3/c1-33-47(72-31-55-33)35-10-8-34(9-11-35)28-54-49(62)42-25-37(60)29-59(42)50(63)48(51(2,3)4)58-46(61)30-69-21-20-67-17-16-66-18-19-68-22-23-70-43-27-40-38(26-45(43)73(64,65)52(5,6)7)39(14-15-53-40)57-36-12-13-44-41(24-36)56-32-71-44/h8-15,24,26-27,31-32,37,42,48,60H,16-23,25,28-30H2,1-7H3,(H,53,57)(H,54,62)(H,58,61)/t37-,42?,48+/m0/s1. The van der Waals surface area contributed by atoms with E-state index in [4.69, 9.17) is 23.7 Å². The molecule has 1 unspecified atom stereocenters. The Balaban J connectivity index is 0.779. The topological polar surface area (TPSA) is 230 Å². The van der Waals surface area contributed by atoms with Crippen LogP contribution in [0.15, 0.2) is 82.8 Å². The molecular weight excluding hydrogens is 995 g/mol. The zero-order chi connectivity index (χ0) is 52.3. The summed E-state index contributed by atoms with van der Waals surface area (Å²) in [6.07, 6.45) is 0.852. The number of aryl methyl sites for hydroxylation is 1. The lowest BCUT2D eigenvalue weighted by molar-refractivity contribution is -0.144. The number of β-amino-alcohol motifs (C(OH)–C–C–N with tert-alkyl or cyclic N) is 1. The van der Waals surface area contributed by atoms with E-state index < -0.39 is 50.0 Å². The summed E-state index contributed by atoms with van der Waals surface area (Å²) in [5.74, 6) is -1.16. The molecule has 1 fully saturated rings. The number of aromatic nitrogens is 3. The lowest BCUT2D eigenvalue weighted by Gasteiger charge is -2.35. The van der Waals surface area contributed by atoms with Gasteiger partial charge in [-0.15, -0.1) is 22.7 Å². The van der Waals surface area contributed by atoms with Gasteiger partial charge in [0.2, 0.25) is 17.7 Å². The average Bonchev–Trinajstić information content (AvgIpc) is 4.11. The van der Waals surface area contributed by atoms with Crippen LogP contribution in [0.5, 0.6) is 5.75 Å². The number of benzene rings is 3. The summed E-state index contributed by atoms with van der Waals surface area (Å²) in [5.41, 5.74) is 8.69. The van der Waals surface area contributed by atoms with Crippen LogP contribution in [0.2, 0.25) is 0 Å². The highest BCUT2D eigenvalue weighted by atomic mass is 32.2. The van der Waals surface area contributed by atoms with Crippen LogP contribution in [-0.4, -0.2) is 140 Å². The van der Waals surface area contributed by atoms with E-state index in [1.807, 2.05) is 70.2 Å². The monoisotopic (exact) mass is 1060 g/mol.